The number of hydrogen-bond acceptors (Lipinski definition) is 2. The van der Waals surface area contributed by atoms with Crippen molar-refractivity contribution in [2.75, 3.05) is 13.2 Å². The van der Waals surface area contributed by atoms with E-state index in [4.69, 9.17) is 9.05 Å². The average Bonchev–Trinajstić information content (AvgIpc) is 2.55. The van der Waals surface area contributed by atoms with E-state index in [9.17, 15) is 0 Å². The molecule has 0 aliphatic carbocycles. The van der Waals surface area contributed by atoms with E-state index < -0.39 is 8.38 Å². The molecule has 0 radical (unpaired) electrons. The topological polar surface area (TPSA) is 18.5 Å². The maximum absolute atomic E-state index is 5.67. The van der Waals surface area contributed by atoms with Crippen molar-refractivity contribution in [1.82, 2.24) is 0 Å². The molecular formula is C18H21O2P. The number of hydrogen-bond donors (Lipinski definition) is 0. The fraction of sp³-hybridized carbons (Fsp3) is 0.222. The predicted octanol–water partition coefficient (Wildman–Crippen LogP) is 4.76. The van der Waals surface area contributed by atoms with Gasteiger partial charge in [0.1, 0.15) is 0 Å². The maximum Gasteiger partial charge on any atom is 0.205 e. The minimum absolute atomic E-state index is 0.657. The molecule has 0 bridgehead atoms. The molecule has 0 aliphatic rings. The SMILES string of the molecule is C=C(c1ccccc1)c1ccc(P(OCC)OCC)cc1. The summed E-state index contributed by atoms with van der Waals surface area (Å²) in [5.74, 6) is 0. The quantitative estimate of drug-likeness (QED) is 0.686. The van der Waals surface area contributed by atoms with Crippen LogP contribution in [-0.4, -0.2) is 13.2 Å². The molecule has 2 aromatic rings. The second-order valence-electron chi connectivity index (χ2n) is 4.48. The minimum Gasteiger partial charge on any atom is -0.331 e. The Balaban J connectivity index is 2.16. The molecule has 3 heteroatoms. The van der Waals surface area contributed by atoms with Crippen LogP contribution in [0.25, 0.3) is 5.57 Å². The Hall–Kier alpha value is -1.47. The fourth-order valence-electron chi connectivity index (χ4n) is 2.01. The van der Waals surface area contributed by atoms with Gasteiger partial charge in [-0.1, -0.05) is 49.0 Å². The van der Waals surface area contributed by atoms with Crippen LogP contribution in [0.5, 0.6) is 0 Å². The van der Waals surface area contributed by atoms with Crippen LogP contribution >= 0.6 is 8.38 Å². The summed E-state index contributed by atoms with van der Waals surface area (Å²) in [5, 5.41) is 1.10. The lowest BCUT2D eigenvalue weighted by Gasteiger charge is -2.16. The van der Waals surface area contributed by atoms with Gasteiger partial charge in [-0.3, -0.25) is 0 Å². The Kier molecular flexibility index (Phi) is 6.13. The normalized spacial score (nSPS) is 10.8. The van der Waals surface area contributed by atoms with Gasteiger partial charge in [-0.2, -0.15) is 0 Å². The van der Waals surface area contributed by atoms with Crippen molar-refractivity contribution in [3.8, 4) is 0 Å². The lowest BCUT2D eigenvalue weighted by atomic mass is 10.00. The van der Waals surface area contributed by atoms with Crippen molar-refractivity contribution in [3.63, 3.8) is 0 Å². The van der Waals surface area contributed by atoms with Crippen molar-refractivity contribution in [3.05, 3.63) is 72.3 Å². The lowest BCUT2D eigenvalue weighted by Crippen LogP contribution is -2.06. The van der Waals surface area contributed by atoms with Gasteiger partial charge in [-0.05, 0) is 42.7 Å². The van der Waals surface area contributed by atoms with Gasteiger partial charge in [0.25, 0.3) is 0 Å². The lowest BCUT2D eigenvalue weighted by molar-refractivity contribution is 0.277. The van der Waals surface area contributed by atoms with Gasteiger partial charge in [0.2, 0.25) is 8.38 Å². The van der Waals surface area contributed by atoms with Crippen LogP contribution in [0.3, 0.4) is 0 Å². The standard InChI is InChI=1S/C18H21O2P/c1-4-19-21(20-5-2)18-13-11-17(12-14-18)15(3)16-9-7-6-8-10-16/h6-14H,3-5H2,1-2H3. The molecule has 0 amide bonds. The molecule has 0 saturated heterocycles. The molecule has 0 saturated carbocycles. The molecule has 0 N–H and O–H groups in total. The molecule has 0 atom stereocenters. The van der Waals surface area contributed by atoms with E-state index in [-0.39, 0.29) is 0 Å². The van der Waals surface area contributed by atoms with Crippen LogP contribution < -0.4 is 5.30 Å². The van der Waals surface area contributed by atoms with Crippen LogP contribution in [0.4, 0.5) is 0 Å². The Morgan fingerprint density at radius 1 is 0.857 bits per heavy atom. The van der Waals surface area contributed by atoms with Gasteiger partial charge in [-0.15, -0.1) is 0 Å². The Labute approximate surface area is 128 Å². The fourth-order valence-corrected chi connectivity index (χ4v) is 3.25. The van der Waals surface area contributed by atoms with Gasteiger partial charge in [0.15, 0.2) is 0 Å². The molecule has 0 heterocycles. The van der Waals surface area contributed by atoms with E-state index in [1.54, 1.807) is 0 Å². The monoisotopic (exact) mass is 300 g/mol. The second-order valence-corrected chi connectivity index (χ2v) is 6.03. The summed E-state index contributed by atoms with van der Waals surface area (Å²) >= 11 is 0. The summed E-state index contributed by atoms with van der Waals surface area (Å²) < 4.78 is 11.3. The summed E-state index contributed by atoms with van der Waals surface area (Å²) in [6.07, 6.45) is 0. The summed E-state index contributed by atoms with van der Waals surface area (Å²) in [7, 11) is -0.972. The Bertz CT molecular complexity index is 558. The van der Waals surface area contributed by atoms with E-state index in [1.165, 1.54) is 0 Å². The summed E-state index contributed by atoms with van der Waals surface area (Å²) in [4.78, 5) is 0. The van der Waals surface area contributed by atoms with Crippen LogP contribution in [0.2, 0.25) is 0 Å². The van der Waals surface area contributed by atoms with Gasteiger partial charge in [-0.25, -0.2) is 0 Å². The molecular weight excluding hydrogens is 279 g/mol. The van der Waals surface area contributed by atoms with Gasteiger partial charge in [0.05, 0.1) is 13.2 Å². The molecule has 2 nitrogen and oxygen atoms in total. The van der Waals surface area contributed by atoms with E-state index in [2.05, 4.69) is 43.0 Å². The highest BCUT2D eigenvalue weighted by molar-refractivity contribution is 7.56. The molecule has 2 aromatic carbocycles. The molecule has 110 valence electrons. The molecule has 0 unspecified atom stereocenters. The highest BCUT2D eigenvalue weighted by Crippen LogP contribution is 2.37. The van der Waals surface area contributed by atoms with Crippen LogP contribution in [0, 0.1) is 0 Å². The molecule has 0 aliphatic heterocycles. The first-order valence-corrected chi connectivity index (χ1v) is 8.34. The average molecular weight is 300 g/mol. The summed E-state index contributed by atoms with van der Waals surface area (Å²) in [6, 6.07) is 18.5. The molecule has 21 heavy (non-hydrogen) atoms. The van der Waals surface area contributed by atoms with E-state index in [0.29, 0.717) is 13.2 Å². The summed E-state index contributed by atoms with van der Waals surface area (Å²) in [5.41, 5.74) is 3.29. The third kappa shape index (κ3) is 4.25. The molecule has 0 spiro atoms. The number of benzene rings is 2. The van der Waals surface area contributed by atoms with Gasteiger partial charge < -0.3 is 9.05 Å². The van der Waals surface area contributed by atoms with Crippen molar-refractivity contribution in [2.24, 2.45) is 0 Å². The highest BCUT2D eigenvalue weighted by atomic mass is 31.2. The first kappa shape index (κ1) is 15.9. The summed E-state index contributed by atoms with van der Waals surface area (Å²) in [6.45, 7) is 9.47. The van der Waals surface area contributed by atoms with E-state index >= 15 is 0 Å². The van der Waals surface area contributed by atoms with Crippen LogP contribution in [0.15, 0.2) is 61.2 Å². The zero-order chi connectivity index (χ0) is 15.1. The zero-order valence-electron chi connectivity index (χ0n) is 12.6. The van der Waals surface area contributed by atoms with E-state index in [1.807, 2.05) is 32.0 Å². The minimum atomic E-state index is -0.972. The third-order valence-electron chi connectivity index (χ3n) is 3.04. The molecule has 0 aromatic heterocycles. The second kappa shape index (κ2) is 8.09. The first-order valence-electron chi connectivity index (χ1n) is 7.17. The number of rotatable bonds is 7. The Morgan fingerprint density at radius 2 is 1.38 bits per heavy atom. The molecule has 2 rings (SSSR count). The van der Waals surface area contributed by atoms with Crippen LogP contribution in [0.1, 0.15) is 25.0 Å². The smallest absolute Gasteiger partial charge is 0.205 e. The van der Waals surface area contributed by atoms with Gasteiger partial charge in [0, 0.05) is 5.30 Å². The first-order chi connectivity index (χ1) is 10.3. The highest BCUT2D eigenvalue weighted by Gasteiger charge is 2.12. The largest absolute Gasteiger partial charge is 0.331 e. The molecule has 0 fully saturated rings. The maximum atomic E-state index is 5.67. The Morgan fingerprint density at radius 3 is 1.90 bits per heavy atom. The van der Waals surface area contributed by atoms with Gasteiger partial charge >= 0.3 is 0 Å². The van der Waals surface area contributed by atoms with Crippen molar-refractivity contribution in [1.29, 1.82) is 0 Å². The van der Waals surface area contributed by atoms with E-state index in [0.717, 1.165) is 22.0 Å². The van der Waals surface area contributed by atoms with Crippen LogP contribution in [-0.2, 0) is 9.05 Å². The predicted molar refractivity (Wildman–Crippen MR) is 90.8 cm³/mol. The van der Waals surface area contributed by atoms with Crippen molar-refractivity contribution < 1.29 is 9.05 Å². The zero-order valence-corrected chi connectivity index (χ0v) is 13.5. The third-order valence-corrected chi connectivity index (χ3v) is 4.75. The van der Waals surface area contributed by atoms with Crippen molar-refractivity contribution in [2.45, 2.75) is 13.8 Å². The van der Waals surface area contributed by atoms with Crippen molar-refractivity contribution >= 4 is 19.3 Å².